The molecule has 1 saturated heterocycles. The van der Waals surface area contributed by atoms with Crippen LogP contribution in [0.2, 0.25) is 0 Å². The molecule has 3 N–H and O–H groups in total. The SMILES string of the molecule is CCS(=O)(=O)NC(=O)C(C)(C)c1ccc(O[C@@H]2CC[C@@H](NC(=O)[C@@]3(F)CNCC(C)(C)C3)C2)c(-c2cccc(F)c2C2CCC2)c1. The molecular formula is C35H47F2N3O5S. The summed E-state index contributed by atoms with van der Waals surface area (Å²) < 4.78 is 64.2. The number of piperidine rings is 1. The molecule has 2 saturated carbocycles. The highest BCUT2D eigenvalue weighted by molar-refractivity contribution is 7.90. The van der Waals surface area contributed by atoms with Crippen molar-refractivity contribution in [3.63, 3.8) is 0 Å². The van der Waals surface area contributed by atoms with E-state index < -0.39 is 32.9 Å². The highest BCUT2D eigenvalue weighted by atomic mass is 32.2. The number of carbonyl (C=O) groups excluding carboxylic acids is 2. The zero-order valence-electron chi connectivity index (χ0n) is 27.5. The van der Waals surface area contributed by atoms with Crippen molar-refractivity contribution in [2.24, 2.45) is 5.41 Å². The highest BCUT2D eigenvalue weighted by Crippen LogP contribution is 2.46. The Morgan fingerprint density at radius 2 is 1.80 bits per heavy atom. The van der Waals surface area contributed by atoms with Crippen molar-refractivity contribution < 1.29 is 31.5 Å². The van der Waals surface area contributed by atoms with Crippen LogP contribution in [0.4, 0.5) is 8.78 Å². The molecular weight excluding hydrogens is 612 g/mol. The van der Waals surface area contributed by atoms with Crippen LogP contribution < -0.4 is 20.1 Å². The third kappa shape index (κ3) is 7.25. The van der Waals surface area contributed by atoms with Gasteiger partial charge in [0, 0.05) is 31.1 Å². The van der Waals surface area contributed by atoms with E-state index in [9.17, 15) is 18.0 Å². The van der Waals surface area contributed by atoms with Gasteiger partial charge in [0.05, 0.1) is 11.2 Å². The average Bonchev–Trinajstić information content (AvgIpc) is 3.39. The fourth-order valence-corrected chi connectivity index (χ4v) is 7.59. The fraction of sp³-hybridized carbons (Fsp3) is 0.600. The lowest BCUT2D eigenvalue weighted by atomic mass is 9.76. The van der Waals surface area contributed by atoms with E-state index >= 15 is 8.78 Å². The molecule has 1 aliphatic heterocycles. The molecule has 8 nitrogen and oxygen atoms in total. The molecule has 2 amide bonds. The largest absolute Gasteiger partial charge is 0.490 e. The summed E-state index contributed by atoms with van der Waals surface area (Å²) in [5.41, 5.74) is -1.08. The van der Waals surface area contributed by atoms with Crippen LogP contribution in [-0.4, -0.2) is 56.9 Å². The highest BCUT2D eigenvalue weighted by Gasteiger charge is 2.47. The molecule has 11 heteroatoms. The Morgan fingerprint density at radius 3 is 2.46 bits per heavy atom. The molecule has 46 heavy (non-hydrogen) atoms. The molecule has 0 spiro atoms. The second-order valence-corrected chi connectivity index (χ2v) is 16.6. The zero-order chi connectivity index (χ0) is 33.5. The molecule has 2 aromatic rings. The number of carbonyl (C=O) groups is 2. The molecule has 1 heterocycles. The van der Waals surface area contributed by atoms with Crippen LogP contribution in [0.3, 0.4) is 0 Å². The van der Waals surface area contributed by atoms with E-state index in [2.05, 4.69) is 15.4 Å². The number of alkyl halides is 1. The normalized spacial score (nSPS) is 25.0. The number of sulfonamides is 1. The average molecular weight is 660 g/mol. The van der Waals surface area contributed by atoms with E-state index in [-0.39, 0.29) is 48.0 Å². The van der Waals surface area contributed by atoms with Gasteiger partial charge in [-0.05, 0) is 99.1 Å². The molecule has 3 aliphatic rings. The maximum Gasteiger partial charge on any atom is 0.259 e. The number of halogens is 2. The van der Waals surface area contributed by atoms with E-state index in [0.29, 0.717) is 53.8 Å². The number of ether oxygens (including phenoxy) is 1. The van der Waals surface area contributed by atoms with Crippen LogP contribution in [-0.2, 0) is 25.0 Å². The van der Waals surface area contributed by atoms with Crippen LogP contribution in [0.15, 0.2) is 36.4 Å². The molecule has 2 aromatic carbocycles. The van der Waals surface area contributed by atoms with Gasteiger partial charge in [-0.2, -0.15) is 0 Å². The predicted octanol–water partition coefficient (Wildman–Crippen LogP) is 5.65. The first kappa shape index (κ1) is 34.3. The van der Waals surface area contributed by atoms with Crippen LogP contribution in [0.5, 0.6) is 5.75 Å². The topological polar surface area (TPSA) is 114 Å². The van der Waals surface area contributed by atoms with Gasteiger partial charge in [-0.3, -0.25) is 14.3 Å². The van der Waals surface area contributed by atoms with Gasteiger partial charge >= 0.3 is 0 Å². The van der Waals surface area contributed by atoms with Gasteiger partial charge < -0.3 is 15.4 Å². The molecule has 5 rings (SSSR count). The predicted molar refractivity (Wildman–Crippen MR) is 174 cm³/mol. The van der Waals surface area contributed by atoms with Gasteiger partial charge in [-0.1, -0.05) is 38.5 Å². The first-order valence-electron chi connectivity index (χ1n) is 16.4. The lowest BCUT2D eigenvalue weighted by molar-refractivity contribution is -0.137. The van der Waals surface area contributed by atoms with Crippen molar-refractivity contribution in [1.29, 1.82) is 0 Å². The number of nitrogens with one attached hydrogen (secondary N) is 3. The van der Waals surface area contributed by atoms with Crippen molar-refractivity contribution in [2.75, 3.05) is 18.8 Å². The number of benzene rings is 2. The quantitative estimate of drug-likeness (QED) is 0.304. The van der Waals surface area contributed by atoms with Crippen molar-refractivity contribution in [3.8, 4) is 16.9 Å². The van der Waals surface area contributed by atoms with E-state index in [4.69, 9.17) is 4.74 Å². The molecule has 252 valence electrons. The molecule has 0 bridgehead atoms. The first-order valence-corrected chi connectivity index (χ1v) is 18.0. The first-order chi connectivity index (χ1) is 21.5. The Kier molecular flexibility index (Phi) is 9.59. The summed E-state index contributed by atoms with van der Waals surface area (Å²) in [6.45, 7) is 9.28. The molecule has 3 atom stereocenters. The summed E-state index contributed by atoms with van der Waals surface area (Å²) in [4.78, 5) is 26.2. The van der Waals surface area contributed by atoms with Gasteiger partial charge in [0.25, 0.3) is 5.91 Å². The van der Waals surface area contributed by atoms with Crippen LogP contribution in [0.1, 0.15) is 96.6 Å². The number of rotatable bonds is 10. The van der Waals surface area contributed by atoms with Crippen molar-refractivity contribution in [1.82, 2.24) is 15.4 Å². The van der Waals surface area contributed by atoms with Crippen molar-refractivity contribution >= 4 is 21.8 Å². The standard InChI is InChI=1S/C35H47F2N3O5S/c1-6-46(43,44)40-31(41)34(4,5)23-13-16-29(27(17-23)26-11-8-12-28(36)30(26)22-9-7-10-22)45-25-15-14-24(18-25)39-32(42)35(37)19-33(2,3)20-38-21-35/h8,11-13,16-17,22,24-25,38H,6-7,9-10,14-15,18-21H2,1-5H3,(H,39,42)(H,40,41)/t24-,25-,35+/m1/s1. The molecule has 0 aromatic heterocycles. The van der Waals surface area contributed by atoms with Gasteiger partial charge in [0.15, 0.2) is 0 Å². The smallest absolute Gasteiger partial charge is 0.259 e. The van der Waals surface area contributed by atoms with Crippen LogP contribution >= 0.6 is 0 Å². The second-order valence-electron chi connectivity index (χ2n) is 14.6. The Bertz CT molecular complexity index is 1590. The van der Waals surface area contributed by atoms with E-state index in [1.807, 2.05) is 19.9 Å². The molecule has 0 unspecified atom stereocenters. The lowest BCUT2D eigenvalue weighted by Gasteiger charge is -2.39. The minimum Gasteiger partial charge on any atom is -0.490 e. The van der Waals surface area contributed by atoms with Gasteiger partial charge in [0.2, 0.25) is 21.6 Å². The van der Waals surface area contributed by atoms with Gasteiger partial charge in [-0.15, -0.1) is 0 Å². The minimum absolute atomic E-state index is 0.0136. The third-order valence-electron chi connectivity index (χ3n) is 9.94. The van der Waals surface area contributed by atoms with Crippen LogP contribution in [0.25, 0.3) is 11.1 Å². The van der Waals surface area contributed by atoms with E-state index in [0.717, 1.165) is 19.3 Å². The lowest BCUT2D eigenvalue weighted by Crippen LogP contribution is -2.59. The Balaban J connectivity index is 1.42. The Hall–Kier alpha value is -3.05. The Labute approximate surface area is 271 Å². The number of amides is 2. The summed E-state index contributed by atoms with van der Waals surface area (Å²) in [6.07, 6.45) is 4.39. The molecule has 3 fully saturated rings. The minimum atomic E-state index is -3.78. The Morgan fingerprint density at radius 1 is 1.07 bits per heavy atom. The third-order valence-corrected chi connectivity index (χ3v) is 11.2. The van der Waals surface area contributed by atoms with Gasteiger partial charge in [0.1, 0.15) is 17.7 Å². The maximum absolute atomic E-state index is 15.7. The van der Waals surface area contributed by atoms with Crippen molar-refractivity contribution in [3.05, 3.63) is 53.3 Å². The fourth-order valence-electron chi connectivity index (χ4n) is 6.90. The summed E-state index contributed by atoms with van der Waals surface area (Å²) in [7, 11) is -3.78. The summed E-state index contributed by atoms with van der Waals surface area (Å²) in [5, 5.41) is 5.98. The van der Waals surface area contributed by atoms with Crippen LogP contribution in [0, 0.1) is 11.2 Å². The van der Waals surface area contributed by atoms with E-state index in [1.54, 1.807) is 38.1 Å². The second kappa shape index (κ2) is 12.9. The molecule has 2 aliphatic carbocycles. The summed E-state index contributed by atoms with van der Waals surface area (Å²) in [5.74, 6) is -1.22. The number of hydrogen-bond donors (Lipinski definition) is 3. The molecule has 0 radical (unpaired) electrons. The summed E-state index contributed by atoms with van der Waals surface area (Å²) in [6, 6.07) is 10.0. The maximum atomic E-state index is 15.7. The zero-order valence-corrected chi connectivity index (χ0v) is 28.3. The monoisotopic (exact) mass is 659 g/mol. The van der Waals surface area contributed by atoms with E-state index in [1.165, 1.54) is 13.0 Å². The number of hydrogen-bond acceptors (Lipinski definition) is 6. The summed E-state index contributed by atoms with van der Waals surface area (Å²) >= 11 is 0. The van der Waals surface area contributed by atoms with Gasteiger partial charge in [-0.25, -0.2) is 17.2 Å². The van der Waals surface area contributed by atoms with Crippen molar-refractivity contribution in [2.45, 2.75) is 109 Å².